The first-order valence-corrected chi connectivity index (χ1v) is 8.62. The summed E-state index contributed by atoms with van der Waals surface area (Å²) in [5, 5.41) is 26.1. The Morgan fingerprint density at radius 2 is 2.14 bits per heavy atom. The van der Waals surface area contributed by atoms with Crippen molar-refractivity contribution < 1.29 is 10.2 Å². The minimum atomic E-state index is -0.110. The van der Waals surface area contributed by atoms with Crippen molar-refractivity contribution in [1.29, 1.82) is 0 Å². The lowest BCUT2D eigenvalue weighted by atomic mass is 10.1. The van der Waals surface area contributed by atoms with Gasteiger partial charge in [-0.25, -0.2) is 4.98 Å². The summed E-state index contributed by atoms with van der Waals surface area (Å²) >= 11 is 3.09. The fourth-order valence-corrected chi connectivity index (χ4v) is 4.85. The van der Waals surface area contributed by atoms with Crippen molar-refractivity contribution in [3.63, 3.8) is 0 Å². The Bertz CT molecular complexity index is 792. The Kier molecular flexibility index (Phi) is 4.18. The van der Waals surface area contributed by atoms with Gasteiger partial charge >= 0.3 is 0 Å². The number of nitrogens with zero attached hydrogens (tertiary/aromatic N) is 4. The van der Waals surface area contributed by atoms with E-state index in [0.29, 0.717) is 17.3 Å². The van der Waals surface area contributed by atoms with Crippen molar-refractivity contribution in [2.24, 2.45) is 0 Å². The van der Waals surface area contributed by atoms with Crippen molar-refractivity contribution >= 4 is 27.6 Å². The molecule has 0 aliphatic heterocycles. The van der Waals surface area contributed by atoms with E-state index in [-0.39, 0.29) is 18.5 Å². The largest absolute Gasteiger partial charge is 0.492 e. The van der Waals surface area contributed by atoms with Crippen molar-refractivity contribution in [1.82, 2.24) is 19.5 Å². The molecule has 22 heavy (non-hydrogen) atoms. The minimum absolute atomic E-state index is 0.0675. The summed E-state index contributed by atoms with van der Waals surface area (Å²) in [5.41, 5.74) is 1.18. The number of aliphatic hydroxyl groups is 1. The number of thiazole rings is 1. The SMILES string of the molecule is Cc1nc2sc(C(c3sccc3C)N(C)CCO)c(O)n2n1. The number of aromatic nitrogens is 3. The molecule has 0 aliphatic rings. The molecule has 1 unspecified atom stereocenters. The van der Waals surface area contributed by atoms with Gasteiger partial charge in [-0.2, -0.15) is 4.52 Å². The smallest absolute Gasteiger partial charge is 0.230 e. The first-order valence-electron chi connectivity index (χ1n) is 6.93. The maximum Gasteiger partial charge on any atom is 0.230 e. The van der Waals surface area contributed by atoms with Crippen LogP contribution < -0.4 is 0 Å². The van der Waals surface area contributed by atoms with Crippen LogP contribution in [-0.2, 0) is 0 Å². The van der Waals surface area contributed by atoms with Crippen LogP contribution in [0.25, 0.3) is 4.96 Å². The molecule has 3 aromatic rings. The Labute approximate surface area is 136 Å². The highest BCUT2D eigenvalue weighted by atomic mass is 32.1. The lowest BCUT2D eigenvalue weighted by molar-refractivity contribution is 0.198. The number of hydrogen-bond acceptors (Lipinski definition) is 7. The molecule has 8 heteroatoms. The average Bonchev–Trinajstić information content (AvgIpc) is 3.11. The molecule has 2 N–H and O–H groups in total. The number of likely N-dealkylation sites (N-methyl/N-ethyl adjacent to an activating group) is 1. The van der Waals surface area contributed by atoms with Gasteiger partial charge in [0.25, 0.3) is 0 Å². The second-order valence-electron chi connectivity index (χ2n) is 5.22. The molecule has 0 aliphatic carbocycles. The van der Waals surface area contributed by atoms with Gasteiger partial charge in [0.1, 0.15) is 5.82 Å². The first kappa shape index (κ1) is 15.4. The number of fused-ring (bicyclic) bond motifs is 1. The van der Waals surface area contributed by atoms with Crippen LogP contribution in [0.4, 0.5) is 0 Å². The molecule has 0 saturated heterocycles. The Morgan fingerprint density at radius 1 is 1.36 bits per heavy atom. The van der Waals surface area contributed by atoms with Crippen LogP contribution in [-0.4, -0.2) is 49.9 Å². The van der Waals surface area contributed by atoms with Gasteiger partial charge in [0.2, 0.25) is 10.8 Å². The summed E-state index contributed by atoms with van der Waals surface area (Å²) in [7, 11) is 1.95. The predicted octanol–water partition coefficient (Wildman–Crippen LogP) is 2.19. The summed E-state index contributed by atoms with van der Waals surface area (Å²) in [4.78, 5) is 9.01. The molecule has 3 aromatic heterocycles. The second kappa shape index (κ2) is 5.96. The Hall–Kier alpha value is -1.48. The Balaban J connectivity index is 2.13. The Morgan fingerprint density at radius 3 is 2.73 bits per heavy atom. The molecular formula is C14H18N4O2S2. The zero-order valence-corrected chi connectivity index (χ0v) is 14.3. The van der Waals surface area contributed by atoms with Gasteiger partial charge in [-0.05, 0) is 37.9 Å². The molecule has 0 aromatic carbocycles. The van der Waals surface area contributed by atoms with E-state index in [1.165, 1.54) is 21.4 Å². The number of aryl methyl sites for hydroxylation is 2. The van der Waals surface area contributed by atoms with Crippen molar-refractivity contribution in [3.8, 4) is 5.88 Å². The fourth-order valence-electron chi connectivity index (χ4n) is 2.50. The van der Waals surface area contributed by atoms with Crippen LogP contribution in [0.5, 0.6) is 5.88 Å². The highest BCUT2D eigenvalue weighted by Crippen LogP contribution is 2.41. The molecule has 3 rings (SSSR count). The number of rotatable bonds is 5. The highest BCUT2D eigenvalue weighted by Gasteiger charge is 2.29. The summed E-state index contributed by atoms with van der Waals surface area (Å²) in [6, 6.07) is 1.96. The van der Waals surface area contributed by atoms with Crippen LogP contribution >= 0.6 is 22.7 Å². The molecule has 0 amide bonds. The number of aromatic hydroxyl groups is 1. The molecule has 0 saturated carbocycles. The monoisotopic (exact) mass is 338 g/mol. The molecule has 0 radical (unpaired) electrons. The van der Waals surface area contributed by atoms with Crippen molar-refractivity contribution in [3.05, 3.63) is 32.6 Å². The molecule has 118 valence electrons. The van der Waals surface area contributed by atoms with E-state index in [9.17, 15) is 10.2 Å². The van der Waals surface area contributed by atoms with Crippen molar-refractivity contribution in [2.45, 2.75) is 19.9 Å². The minimum Gasteiger partial charge on any atom is -0.492 e. The molecule has 6 nitrogen and oxygen atoms in total. The highest BCUT2D eigenvalue weighted by molar-refractivity contribution is 7.17. The fraction of sp³-hybridized carbons (Fsp3) is 0.429. The predicted molar refractivity (Wildman–Crippen MR) is 87.9 cm³/mol. The summed E-state index contributed by atoms with van der Waals surface area (Å²) in [6.45, 7) is 4.45. The standard InChI is InChI=1S/C14H18N4O2S2/c1-8-4-7-21-11(8)10(17(3)5-6-19)12-13(20)18-14(22-12)15-9(2)16-18/h4,7,10,19-20H,5-6H2,1-3H3. The third-order valence-electron chi connectivity index (χ3n) is 3.60. The molecule has 0 bridgehead atoms. The maximum absolute atomic E-state index is 10.6. The lowest BCUT2D eigenvalue weighted by Gasteiger charge is -2.26. The van der Waals surface area contributed by atoms with Gasteiger partial charge < -0.3 is 10.2 Å². The summed E-state index contributed by atoms with van der Waals surface area (Å²) < 4.78 is 1.48. The molecule has 0 spiro atoms. The molecule has 3 heterocycles. The molecule has 0 fully saturated rings. The van der Waals surface area contributed by atoms with Gasteiger partial charge in [-0.3, -0.25) is 4.90 Å². The van der Waals surface area contributed by atoms with Gasteiger partial charge in [0.05, 0.1) is 17.5 Å². The maximum atomic E-state index is 10.6. The first-order chi connectivity index (χ1) is 10.5. The van der Waals surface area contributed by atoms with Gasteiger partial charge in [0, 0.05) is 11.4 Å². The second-order valence-corrected chi connectivity index (χ2v) is 7.17. The van der Waals surface area contributed by atoms with E-state index < -0.39 is 0 Å². The number of aliphatic hydroxyl groups excluding tert-OH is 1. The van der Waals surface area contributed by atoms with E-state index >= 15 is 0 Å². The van der Waals surface area contributed by atoms with E-state index in [0.717, 1.165) is 9.75 Å². The van der Waals surface area contributed by atoms with Gasteiger partial charge in [-0.15, -0.1) is 16.4 Å². The topological polar surface area (TPSA) is 73.9 Å². The van der Waals surface area contributed by atoms with E-state index in [4.69, 9.17) is 0 Å². The summed E-state index contributed by atoms with van der Waals surface area (Å²) in [6.07, 6.45) is 0. The number of thiophene rings is 1. The zero-order valence-electron chi connectivity index (χ0n) is 12.6. The normalized spacial score (nSPS) is 13.3. The molecule has 1 atom stereocenters. The summed E-state index contributed by atoms with van der Waals surface area (Å²) in [5.74, 6) is 0.767. The third kappa shape index (κ3) is 2.52. The van der Waals surface area contributed by atoms with Crippen LogP contribution in [0.1, 0.15) is 27.2 Å². The van der Waals surface area contributed by atoms with E-state index in [1.807, 2.05) is 17.3 Å². The van der Waals surface area contributed by atoms with Crippen molar-refractivity contribution in [2.75, 3.05) is 20.2 Å². The third-order valence-corrected chi connectivity index (χ3v) is 5.74. The van der Waals surface area contributed by atoms with Crippen LogP contribution in [0.3, 0.4) is 0 Å². The van der Waals surface area contributed by atoms with E-state index in [2.05, 4.69) is 23.1 Å². The number of hydrogen-bond donors (Lipinski definition) is 2. The van der Waals surface area contributed by atoms with Crippen LogP contribution in [0, 0.1) is 13.8 Å². The van der Waals surface area contributed by atoms with Crippen LogP contribution in [0.2, 0.25) is 0 Å². The zero-order chi connectivity index (χ0) is 15.9. The van der Waals surface area contributed by atoms with Crippen LogP contribution in [0.15, 0.2) is 11.4 Å². The molecular weight excluding hydrogens is 320 g/mol. The van der Waals surface area contributed by atoms with Gasteiger partial charge in [-0.1, -0.05) is 11.3 Å². The average molecular weight is 338 g/mol. The lowest BCUT2D eigenvalue weighted by Crippen LogP contribution is -2.27. The van der Waals surface area contributed by atoms with Gasteiger partial charge in [0.15, 0.2) is 0 Å². The quantitative estimate of drug-likeness (QED) is 0.746. The van der Waals surface area contributed by atoms with E-state index in [1.54, 1.807) is 18.3 Å².